The van der Waals surface area contributed by atoms with E-state index in [2.05, 4.69) is 15.4 Å². The number of benzene rings is 3. The van der Waals surface area contributed by atoms with Crippen LogP contribution in [0.1, 0.15) is 53.5 Å². The van der Waals surface area contributed by atoms with Crippen molar-refractivity contribution in [3.8, 4) is 0 Å². The number of hydrogen-bond acceptors (Lipinski definition) is 7. The molecular weight excluding hydrogens is 663 g/mol. The van der Waals surface area contributed by atoms with Crippen LogP contribution in [0.2, 0.25) is 10.0 Å². The highest BCUT2D eigenvalue weighted by Crippen LogP contribution is 2.22. The zero-order chi connectivity index (χ0) is 34.0. The van der Waals surface area contributed by atoms with Crippen LogP contribution in [-0.2, 0) is 56.3 Å². The predicted octanol–water partition coefficient (Wildman–Crippen LogP) is 3.10. The van der Waals surface area contributed by atoms with Gasteiger partial charge in [-0.15, -0.1) is 0 Å². The molecule has 1 fully saturated rings. The molecule has 0 unspecified atom stereocenters. The third-order valence-electron chi connectivity index (χ3n) is 8.02. The van der Waals surface area contributed by atoms with Gasteiger partial charge in [-0.1, -0.05) is 65.7 Å². The summed E-state index contributed by atoms with van der Waals surface area (Å²) in [5.74, 6) is -1.69. The molecule has 2 atom stereocenters. The van der Waals surface area contributed by atoms with Crippen LogP contribution >= 0.6 is 23.2 Å². The van der Waals surface area contributed by atoms with Gasteiger partial charge in [0.05, 0.1) is 5.75 Å². The zero-order valence-corrected chi connectivity index (χ0v) is 28.2. The number of nitrogens with zero attached hydrogens (tertiary/aromatic N) is 1. The van der Waals surface area contributed by atoms with Crippen LogP contribution in [-0.4, -0.2) is 49.7 Å². The van der Waals surface area contributed by atoms with E-state index in [9.17, 15) is 22.8 Å². The van der Waals surface area contributed by atoms with Gasteiger partial charge in [0.15, 0.2) is 0 Å². The number of rotatable bonds is 15. The largest absolute Gasteiger partial charge is 0.352 e. The number of hydrogen-bond donors (Lipinski definition) is 5. The van der Waals surface area contributed by atoms with Gasteiger partial charge < -0.3 is 27.0 Å². The van der Waals surface area contributed by atoms with Crippen LogP contribution in [0.15, 0.2) is 66.7 Å². The van der Waals surface area contributed by atoms with Crippen LogP contribution in [0.25, 0.3) is 0 Å². The molecule has 3 aromatic rings. The van der Waals surface area contributed by atoms with Crippen molar-refractivity contribution in [3.63, 3.8) is 0 Å². The molecule has 0 aliphatic carbocycles. The first-order chi connectivity index (χ1) is 22.5. The van der Waals surface area contributed by atoms with Gasteiger partial charge in [0.25, 0.3) is 0 Å². The van der Waals surface area contributed by atoms with Gasteiger partial charge in [-0.3, -0.25) is 14.4 Å². The standard InChI is InChI=1S/C33H40Cl2N6O5S/c34-27-10-8-23(17-36)25(15-27)19-38-31(42)13-12-29(40-47(45,46)21-22-5-2-1-3-6-22)33(44)41-14-4-7-30(41)32(43)39-20-26-16-28(35)11-9-24(26)18-37/h1-3,5-6,8-11,15-16,29-30,40H,4,7,12-14,17-21,36-37H2,(H,38,42)(H,39,43)/t29-,30+/m1/s1. The summed E-state index contributed by atoms with van der Waals surface area (Å²) in [6.45, 7) is 1.12. The number of carbonyl (C=O) groups is 3. The molecule has 4 rings (SSSR count). The Morgan fingerprint density at radius 2 is 1.45 bits per heavy atom. The molecule has 0 saturated carbocycles. The third kappa shape index (κ3) is 10.5. The summed E-state index contributed by atoms with van der Waals surface area (Å²) < 4.78 is 29.0. The van der Waals surface area contributed by atoms with E-state index in [1.807, 2.05) is 0 Å². The lowest BCUT2D eigenvalue weighted by Gasteiger charge is -2.29. The average molecular weight is 704 g/mol. The van der Waals surface area contributed by atoms with Crippen molar-refractivity contribution in [3.05, 3.63) is 105 Å². The number of amides is 3. The fourth-order valence-corrected chi connectivity index (χ4v) is 7.32. The molecule has 3 amide bonds. The van der Waals surface area contributed by atoms with Gasteiger partial charge in [0, 0.05) is 49.2 Å². The van der Waals surface area contributed by atoms with E-state index in [1.165, 1.54) is 4.90 Å². The van der Waals surface area contributed by atoms with Crippen molar-refractivity contribution in [2.24, 2.45) is 11.5 Å². The van der Waals surface area contributed by atoms with Crippen molar-refractivity contribution >= 4 is 50.9 Å². The van der Waals surface area contributed by atoms with E-state index in [0.29, 0.717) is 28.5 Å². The number of carbonyl (C=O) groups excluding carboxylic acids is 3. The van der Waals surface area contributed by atoms with Gasteiger partial charge >= 0.3 is 0 Å². The summed E-state index contributed by atoms with van der Waals surface area (Å²) in [6, 6.07) is 17.0. The Kier molecular flexibility index (Phi) is 13.2. The highest BCUT2D eigenvalue weighted by Gasteiger charge is 2.38. The first-order valence-corrected chi connectivity index (χ1v) is 17.7. The Labute approximate surface area is 285 Å². The van der Waals surface area contributed by atoms with E-state index in [-0.39, 0.29) is 63.1 Å². The lowest BCUT2D eigenvalue weighted by molar-refractivity contribution is -0.140. The van der Waals surface area contributed by atoms with E-state index < -0.39 is 28.0 Å². The van der Waals surface area contributed by atoms with Crippen LogP contribution < -0.4 is 26.8 Å². The summed E-state index contributed by atoms with van der Waals surface area (Å²) in [7, 11) is -4.00. The van der Waals surface area contributed by atoms with Crippen molar-refractivity contribution < 1.29 is 22.8 Å². The first kappa shape index (κ1) is 36.3. The van der Waals surface area contributed by atoms with Crippen LogP contribution in [0.5, 0.6) is 0 Å². The minimum Gasteiger partial charge on any atom is -0.352 e. The number of nitrogens with one attached hydrogen (secondary N) is 3. The van der Waals surface area contributed by atoms with E-state index >= 15 is 0 Å². The van der Waals surface area contributed by atoms with Gasteiger partial charge in [-0.05, 0) is 71.3 Å². The molecule has 0 spiro atoms. The number of likely N-dealkylation sites (tertiary alicyclic amines) is 1. The van der Waals surface area contributed by atoms with E-state index in [1.54, 1.807) is 66.7 Å². The Morgan fingerprint density at radius 3 is 2.04 bits per heavy atom. The summed E-state index contributed by atoms with van der Waals surface area (Å²) in [5, 5.41) is 6.68. The molecule has 7 N–H and O–H groups in total. The highest BCUT2D eigenvalue weighted by molar-refractivity contribution is 7.88. The maximum atomic E-state index is 13.9. The molecule has 0 bridgehead atoms. The monoisotopic (exact) mass is 702 g/mol. The minimum atomic E-state index is -4.00. The maximum absolute atomic E-state index is 13.9. The smallest absolute Gasteiger partial charge is 0.243 e. The Balaban J connectivity index is 1.46. The second-order valence-corrected chi connectivity index (χ2v) is 14.0. The average Bonchev–Trinajstić information content (AvgIpc) is 3.55. The van der Waals surface area contributed by atoms with Gasteiger partial charge in [-0.2, -0.15) is 0 Å². The molecule has 252 valence electrons. The second kappa shape index (κ2) is 17.0. The lowest BCUT2D eigenvalue weighted by atomic mass is 10.1. The van der Waals surface area contributed by atoms with Crippen molar-refractivity contribution in [1.29, 1.82) is 0 Å². The molecule has 1 aliphatic heterocycles. The Morgan fingerprint density at radius 1 is 0.851 bits per heavy atom. The second-order valence-electron chi connectivity index (χ2n) is 11.4. The minimum absolute atomic E-state index is 0.120. The van der Waals surface area contributed by atoms with Gasteiger partial charge in [0.1, 0.15) is 12.1 Å². The van der Waals surface area contributed by atoms with E-state index in [0.717, 1.165) is 22.3 Å². The molecule has 3 aromatic carbocycles. The van der Waals surface area contributed by atoms with Crippen LogP contribution in [0.4, 0.5) is 0 Å². The fraction of sp³-hybridized carbons (Fsp3) is 0.364. The number of halogens is 2. The topological polar surface area (TPSA) is 177 Å². The Hall–Kier alpha value is -3.52. The third-order valence-corrected chi connectivity index (χ3v) is 9.85. The summed E-state index contributed by atoms with van der Waals surface area (Å²) in [5.41, 5.74) is 15.4. The van der Waals surface area contributed by atoms with Crippen molar-refractivity contribution in [1.82, 2.24) is 20.3 Å². The first-order valence-electron chi connectivity index (χ1n) is 15.3. The molecule has 0 aromatic heterocycles. The van der Waals surface area contributed by atoms with Crippen LogP contribution in [0.3, 0.4) is 0 Å². The molecule has 14 heteroatoms. The quantitative estimate of drug-likeness (QED) is 0.162. The summed E-state index contributed by atoms with van der Waals surface area (Å²) in [6.07, 6.45) is 0.696. The lowest BCUT2D eigenvalue weighted by Crippen LogP contribution is -2.53. The Bertz CT molecular complexity index is 1680. The number of nitrogens with two attached hydrogens (primary N) is 2. The van der Waals surface area contributed by atoms with Gasteiger partial charge in [0.2, 0.25) is 27.7 Å². The molecule has 47 heavy (non-hydrogen) atoms. The highest BCUT2D eigenvalue weighted by atomic mass is 35.5. The molecule has 11 nitrogen and oxygen atoms in total. The maximum Gasteiger partial charge on any atom is 0.243 e. The number of sulfonamides is 1. The normalized spacial score (nSPS) is 15.3. The predicted molar refractivity (Wildman–Crippen MR) is 182 cm³/mol. The van der Waals surface area contributed by atoms with Crippen LogP contribution in [0, 0.1) is 0 Å². The SMILES string of the molecule is NCc1ccc(Cl)cc1CNC(=O)CC[C@@H](NS(=O)(=O)Cc1ccccc1)C(=O)N1CCC[C@H]1C(=O)NCc1cc(Cl)ccc1CN. The molecular formula is C33H40Cl2N6O5S. The zero-order valence-electron chi connectivity index (χ0n) is 25.9. The van der Waals surface area contributed by atoms with Crippen molar-refractivity contribution in [2.75, 3.05) is 6.54 Å². The summed E-state index contributed by atoms with van der Waals surface area (Å²) in [4.78, 5) is 41.6. The molecule has 0 radical (unpaired) electrons. The molecule has 1 heterocycles. The fourth-order valence-electron chi connectivity index (χ4n) is 5.56. The van der Waals surface area contributed by atoms with Gasteiger partial charge in [-0.25, -0.2) is 13.1 Å². The molecule has 1 aliphatic rings. The molecule has 1 saturated heterocycles. The van der Waals surface area contributed by atoms with E-state index in [4.69, 9.17) is 34.7 Å². The van der Waals surface area contributed by atoms with Crippen molar-refractivity contribution in [2.45, 2.75) is 69.7 Å². The summed E-state index contributed by atoms with van der Waals surface area (Å²) >= 11 is 12.3.